The van der Waals surface area contributed by atoms with Gasteiger partial charge in [0.05, 0.1) is 12.2 Å². The molecule has 0 saturated carbocycles. The molecular formula is C23H22N6O. The molecule has 0 saturated heterocycles. The largest absolute Gasteiger partial charge is 0.324 e. The summed E-state index contributed by atoms with van der Waals surface area (Å²) in [5.41, 5.74) is 4.88. The average molecular weight is 398 g/mol. The number of hydrogen-bond donors (Lipinski definition) is 2. The second-order valence-corrected chi connectivity index (χ2v) is 7.29. The van der Waals surface area contributed by atoms with Gasteiger partial charge in [0.2, 0.25) is 5.95 Å². The first kappa shape index (κ1) is 18.3. The van der Waals surface area contributed by atoms with E-state index in [9.17, 15) is 4.79 Å². The van der Waals surface area contributed by atoms with Crippen LogP contribution in [0.1, 0.15) is 11.1 Å². The van der Waals surface area contributed by atoms with Gasteiger partial charge in [0.1, 0.15) is 5.39 Å². The summed E-state index contributed by atoms with van der Waals surface area (Å²) in [6.45, 7) is 6.05. The van der Waals surface area contributed by atoms with Gasteiger partial charge in [-0.1, -0.05) is 30.3 Å². The molecule has 1 aliphatic rings. The first-order chi connectivity index (χ1) is 14.7. The third-order valence-corrected chi connectivity index (χ3v) is 5.33. The molecule has 0 atom stereocenters. The number of anilines is 2. The van der Waals surface area contributed by atoms with E-state index >= 15 is 0 Å². The highest BCUT2D eigenvalue weighted by atomic mass is 16.1. The van der Waals surface area contributed by atoms with Gasteiger partial charge in [0, 0.05) is 18.4 Å². The quantitative estimate of drug-likeness (QED) is 0.505. The fourth-order valence-corrected chi connectivity index (χ4v) is 3.89. The Bertz CT molecular complexity index is 1290. The Labute approximate surface area is 173 Å². The van der Waals surface area contributed by atoms with E-state index < -0.39 is 0 Å². The zero-order valence-electron chi connectivity index (χ0n) is 16.5. The molecule has 0 aliphatic carbocycles. The Hall–Kier alpha value is -3.71. The normalized spacial score (nSPS) is 13.2. The monoisotopic (exact) mass is 398 g/mol. The molecule has 2 aromatic carbocycles. The van der Waals surface area contributed by atoms with E-state index in [-0.39, 0.29) is 5.56 Å². The van der Waals surface area contributed by atoms with Crippen LogP contribution in [-0.4, -0.2) is 25.9 Å². The minimum Gasteiger partial charge on any atom is -0.324 e. The van der Waals surface area contributed by atoms with Gasteiger partial charge in [-0.15, -0.1) is 6.58 Å². The van der Waals surface area contributed by atoms with Crippen LogP contribution in [0, 0.1) is 0 Å². The van der Waals surface area contributed by atoms with Crippen LogP contribution in [0.4, 0.5) is 11.6 Å². The number of rotatable bonds is 5. The molecule has 7 nitrogen and oxygen atoms in total. The van der Waals surface area contributed by atoms with Gasteiger partial charge < -0.3 is 10.6 Å². The lowest BCUT2D eigenvalue weighted by Crippen LogP contribution is -2.23. The summed E-state index contributed by atoms with van der Waals surface area (Å²) < 4.78 is 3.45. The highest BCUT2D eigenvalue weighted by molar-refractivity contribution is 5.77. The number of nitrogens with zero attached hydrogens (tertiary/aromatic N) is 4. The molecule has 0 spiro atoms. The van der Waals surface area contributed by atoms with Crippen molar-refractivity contribution in [3.05, 3.63) is 88.9 Å². The molecule has 2 aromatic heterocycles. The first-order valence-corrected chi connectivity index (χ1v) is 9.99. The van der Waals surface area contributed by atoms with Crippen LogP contribution in [-0.2, 0) is 19.5 Å². The summed E-state index contributed by atoms with van der Waals surface area (Å²) in [5, 5.41) is 7.16. The molecule has 0 amide bonds. The Balaban J connectivity index is 1.60. The van der Waals surface area contributed by atoms with E-state index in [0.29, 0.717) is 23.5 Å². The maximum Gasteiger partial charge on any atom is 0.278 e. The highest BCUT2D eigenvalue weighted by Gasteiger charge is 2.17. The van der Waals surface area contributed by atoms with Crippen molar-refractivity contribution in [1.82, 2.24) is 24.6 Å². The second kappa shape index (κ2) is 7.61. The lowest BCUT2D eigenvalue weighted by molar-refractivity contribution is 0.606. The lowest BCUT2D eigenvalue weighted by Gasteiger charge is -2.18. The summed E-state index contributed by atoms with van der Waals surface area (Å²) in [6.07, 6.45) is 4.30. The SMILES string of the molecule is C=CCn1c(=O)c2cnc(Nc3ccc4c(c3)CCNC4)nc2n1-c1ccccc1. The van der Waals surface area contributed by atoms with E-state index in [4.69, 9.17) is 4.98 Å². The smallest absolute Gasteiger partial charge is 0.278 e. The molecule has 3 heterocycles. The van der Waals surface area contributed by atoms with Crippen molar-refractivity contribution in [2.75, 3.05) is 11.9 Å². The van der Waals surface area contributed by atoms with Gasteiger partial charge >= 0.3 is 0 Å². The molecule has 30 heavy (non-hydrogen) atoms. The number of benzene rings is 2. The second-order valence-electron chi connectivity index (χ2n) is 7.29. The van der Waals surface area contributed by atoms with Crippen LogP contribution < -0.4 is 16.2 Å². The van der Waals surface area contributed by atoms with E-state index in [2.05, 4.69) is 34.3 Å². The van der Waals surface area contributed by atoms with Crippen molar-refractivity contribution in [3.8, 4) is 5.69 Å². The Morgan fingerprint density at radius 1 is 1.17 bits per heavy atom. The van der Waals surface area contributed by atoms with Crippen molar-refractivity contribution in [2.24, 2.45) is 0 Å². The van der Waals surface area contributed by atoms with Crippen molar-refractivity contribution in [2.45, 2.75) is 19.5 Å². The van der Waals surface area contributed by atoms with Gasteiger partial charge in [0.15, 0.2) is 5.65 Å². The standard InChI is InChI=1S/C23H22N6O/c1-2-12-28-22(30)20-15-25-23(27-21(20)29(28)19-6-4-3-5-7-19)26-18-9-8-17-14-24-11-10-16(17)13-18/h2-9,13,15,24H,1,10-12,14H2,(H,25,26,27). The zero-order valence-corrected chi connectivity index (χ0v) is 16.5. The molecule has 0 bridgehead atoms. The van der Waals surface area contributed by atoms with E-state index in [1.807, 2.05) is 41.1 Å². The summed E-state index contributed by atoms with van der Waals surface area (Å²) in [7, 11) is 0. The van der Waals surface area contributed by atoms with Crippen molar-refractivity contribution in [3.63, 3.8) is 0 Å². The average Bonchev–Trinajstić information content (AvgIpc) is 3.05. The number of nitrogens with one attached hydrogen (secondary N) is 2. The zero-order chi connectivity index (χ0) is 20.5. The fourth-order valence-electron chi connectivity index (χ4n) is 3.89. The topological polar surface area (TPSA) is 76.8 Å². The highest BCUT2D eigenvalue weighted by Crippen LogP contribution is 2.22. The van der Waals surface area contributed by atoms with Crippen LogP contribution in [0.5, 0.6) is 0 Å². The van der Waals surface area contributed by atoms with Crippen LogP contribution in [0.3, 0.4) is 0 Å². The number of allylic oxidation sites excluding steroid dienone is 1. The molecule has 0 radical (unpaired) electrons. The van der Waals surface area contributed by atoms with E-state index in [1.165, 1.54) is 11.1 Å². The van der Waals surface area contributed by atoms with Crippen molar-refractivity contribution < 1.29 is 0 Å². The summed E-state index contributed by atoms with van der Waals surface area (Å²) in [5.74, 6) is 0.455. The molecule has 0 fully saturated rings. The molecular weight excluding hydrogens is 376 g/mol. The molecule has 150 valence electrons. The van der Waals surface area contributed by atoms with E-state index in [0.717, 1.165) is 30.9 Å². The fraction of sp³-hybridized carbons (Fsp3) is 0.174. The number of hydrogen-bond acceptors (Lipinski definition) is 5. The summed E-state index contributed by atoms with van der Waals surface area (Å²) in [4.78, 5) is 22.0. The summed E-state index contributed by atoms with van der Waals surface area (Å²) >= 11 is 0. The maximum atomic E-state index is 12.9. The van der Waals surface area contributed by atoms with Crippen molar-refractivity contribution in [1.29, 1.82) is 0 Å². The minimum atomic E-state index is -0.137. The van der Waals surface area contributed by atoms with Gasteiger partial charge in [-0.3, -0.25) is 4.79 Å². The maximum absolute atomic E-state index is 12.9. The van der Waals surface area contributed by atoms with Crippen LogP contribution in [0.15, 0.2) is 72.2 Å². The molecule has 4 aromatic rings. The van der Waals surface area contributed by atoms with Crippen LogP contribution in [0.2, 0.25) is 0 Å². The van der Waals surface area contributed by atoms with Gasteiger partial charge in [0.25, 0.3) is 5.56 Å². The first-order valence-electron chi connectivity index (χ1n) is 9.99. The molecule has 2 N–H and O–H groups in total. The number of para-hydroxylation sites is 1. The number of fused-ring (bicyclic) bond motifs is 2. The predicted molar refractivity (Wildman–Crippen MR) is 118 cm³/mol. The molecule has 5 rings (SSSR count). The third-order valence-electron chi connectivity index (χ3n) is 5.33. The number of aromatic nitrogens is 4. The Morgan fingerprint density at radius 3 is 2.87 bits per heavy atom. The Kier molecular flexibility index (Phi) is 4.65. The van der Waals surface area contributed by atoms with Gasteiger partial charge in [-0.05, 0) is 48.4 Å². The Morgan fingerprint density at radius 2 is 2.03 bits per heavy atom. The summed E-state index contributed by atoms with van der Waals surface area (Å²) in [6, 6.07) is 16.0. The van der Waals surface area contributed by atoms with E-state index in [1.54, 1.807) is 17.0 Å². The minimum absolute atomic E-state index is 0.137. The predicted octanol–water partition coefficient (Wildman–Crippen LogP) is 3.16. The third kappa shape index (κ3) is 3.19. The molecule has 1 aliphatic heterocycles. The van der Waals surface area contributed by atoms with Gasteiger partial charge in [-0.25, -0.2) is 14.3 Å². The van der Waals surface area contributed by atoms with Gasteiger partial charge in [-0.2, -0.15) is 4.98 Å². The molecule has 0 unspecified atom stereocenters. The van der Waals surface area contributed by atoms with Crippen LogP contribution >= 0.6 is 0 Å². The van der Waals surface area contributed by atoms with Crippen molar-refractivity contribution >= 4 is 22.7 Å². The van der Waals surface area contributed by atoms with Crippen LogP contribution in [0.25, 0.3) is 16.7 Å². The lowest BCUT2D eigenvalue weighted by atomic mass is 10.0. The molecule has 7 heteroatoms.